The molecule has 1 aliphatic carbocycles. The summed E-state index contributed by atoms with van der Waals surface area (Å²) in [6, 6.07) is 0.719. The normalized spacial score (nSPS) is 28.1. The molecule has 0 spiro atoms. The van der Waals surface area contributed by atoms with Crippen molar-refractivity contribution in [3.8, 4) is 0 Å². The van der Waals surface area contributed by atoms with Gasteiger partial charge < -0.3 is 10.2 Å². The van der Waals surface area contributed by atoms with Crippen LogP contribution in [0.15, 0.2) is 0 Å². The molecule has 0 aromatic rings. The SMILES string of the molecule is CCNC1CCC(C(C)(C)C)CC1CN(C)CC(C)(C)C. The fraction of sp³-hybridized carbons (Fsp3) is 1.00. The lowest BCUT2D eigenvalue weighted by molar-refractivity contribution is 0.0857. The summed E-state index contributed by atoms with van der Waals surface area (Å²) in [5, 5.41) is 3.75. The first-order chi connectivity index (χ1) is 9.53. The zero-order valence-corrected chi connectivity index (χ0v) is 15.9. The van der Waals surface area contributed by atoms with Gasteiger partial charge in [-0.15, -0.1) is 0 Å². The predicted molar refractivity (Wildman–Crippen MR) is 94.7 cm³/mol. The van der Waals surface area contributed by atoms with Crippen molar-refractivity contribution < 1.29 is 0 Å². The maximum absolute atomic E-state index is 3.75. The van der Waals surface area contributed by atoms with Gasteiger partial charge in [0.25, 0.3) is 0 Å². The second-order valence-corrected chi connectivity index (χ2v) is 9.56. The molecule has 2 nitrogen and oxygen atoms in total. The first-order valence-corrected chi connectivity index (χ1v) is 8.95. The van der Waals surface area contributed by atoms with E-state index >= 15 is 0 Å². The highest BCUT2D eigenvalue weighted by atomic mass is 15.1. The minimum atomic E-state index is 0.389. The van der Waals surface area contributed by atoms with Crippen LogP contribution in [0.3, 0.4) is 0 Å². The van der Waals surface area contributed by atoms with Crippen LogP contribution in [0, 0.1) is 22.7 Å². The summed E-state index contributed by atoms with van der Waals surface area (Å²) >= 11 is 0. The molecule has 0 aliphatic heterocycles. The summed E-state index contributed by atoms with van der Waals surface area (Å²) in [4.78, 5) is 2.56. The average Bonchev–Trinajstić information content (AvgIpc) is 2.27. The van der Waals surface area contributed by atoms with Crippen LogP contribution in [0.5, 0.6) is 0 Å². The van der Waals surface area contributed by atoms with Crippen LogP contribution in [-0.4, -0.2) is 37.6 Å². The summed E-state index contributed by atoms with van der Waals surface area (Å²) in [5.41, 5.74) is 0.846. The molecule has 0 saturated heterocycles. The first kappa shape index (κ1) is 19.0. The van der Waals surface area contributed by atoms with Gasteiger partial charge in [-0.25, -0.2) is 0 Å². The molecule has 0 aromatic carbocycles. The van der Waals surface area contributed by atoms with E-state index in [0.717, 1.165) is 24.4 Å². The van der Waals surface area contributed by atoms with E-state index in [0.29, 0.717) is 10.8 Å². The van der Waals surface area contributed by atoms with Crippen molar-refractivity contribution >= 4 is 0 Å². The Balaban J connectivity index is 2.67. The molecule has 0 amide bonds. The summed E-state index contributed by atoms with van der Waals surface area (Å²) in [7, 11) is 2.30. The Kier molecular flexibility index (Phi) is 6.74. The molecule has 21 heavy (non-hydrogen) atoms. The van der Waals surface area contributed by atoms with Gasteiger partial charge in [-0.05, 0) is 55.5 Å². The maximum Gasteiger partial charge on any atom is 0.0108 e. The van der Waals surface area contributed by atoms with Gasteiger partial charge in [0.15, 0.2) is 0 Å². The number of nitrogens with zero attached hydrogens (tertiary/aromatic N) is 1. The molecular weight excluding hydrogens is 256 g/mol. The Hall–Kier alpha value is -0.0800. The van der Waals surface area contributed by atoms with E-state index in [4.69, 9.17) is 0 Å². The van der Waals surface area contributed by atoms with Crippen molar-refractivity contribution in [2.75, 3.05) is 26.7 Å². The number of hydrogen-bond donors (Lipinski definition) is 1. The number of rotatable bonds is 5. The summed E-state index contributed by atoms with van der Waals surface area (Å²) in [6.45, 7) is 20.0. The van der Waals surface area contributed by atoms with E-state index in [1.165, 1.54) is 32.4 Å². The molecule has 126 valence electrons. The zero-order valence-electron chi connectivity index (χ0n) is 15.9. The highest BCUT2D eigenvalue weighted by Gasteiger charge is 2.36. The van der Waals surface area contributed by atoms with Crippen molar-refractivity contribution in [1.82, 2.24) is 10.2 Å². The van der Waals surface area contributed by atoms with E-state index in [2.05, 4.69) is 65.7 Å². The third-order valence-corrected chi connectivity index (χ3v) is 4.96. The third-order valence-electron chi connectivity index (χ3n) is 4.96. The van der Waals surface area contributed by atoms with Crippen LogP contribution in [-0.2, 0) is 0 Å². The van der Waals surface area contributed by atoms with Gasteiger partial charge in [-0.3, -0.25) is 0 Å². The fourth-order valence-electron chi connectivity index (χ4n) is 4.06. The van der Waals surface area contributed by atoms with Crippen molar-refractivity contribution in [3.63, 3.8) is 0 Å². The molecule has 0 radical (unpaired) electrons. The highest BCUT2D eigenvalue weighted by molar-refractivity contribution is 4.90. The Morgan fingerprint density at radius 3 is 2.14 bits per heavy atom. The molecule has 0 heterocycles. The smallest absolute Gasteiger partial charge is 0.0108 e. The van der Waals surface area contributed by atoms with Gasteiger partial charge in [0.2, 0.25) is 0 Å². The second kappa shape index (κ2) is 7.46. The molecule has 1 N–H and O–H groups in total. The zero-order chi connectivity index (χ0) is 16.3. The minimum Gasteiger partial charge on any atom is -0.314 e. The molecule has 2 heteroatoms. The highest BCUT2D eigenvalue weighted by Crippen LogP contribution is 2.40. The van der Waals surface area contributed by atoms with Crippen molar-refractivity contribution in [1.29, 1.82) is 0 Å². The van der Waals surface area contributed by atoms with E-state index in [-0.39, 0.29) is 0 Å². The summed E-state index contributed by atoms with van der Waals surface area (Å²) in [5.74, 6) is 1.68. The Labute approximate surface area is 134 Å². The average molecular weight is 297 g/mol. The van der Waals surface area contributed by atoms with E-state index in [1.807, 2.05) is 0 Å². The molecule has 1 rings (SSSR count). The molecular formula is C19H40N2. The van der Waals surface area contributed by atoms with Gasteiger partial charge in [0, 0.05) is 19.1 Å². The van der Waals surface area contributed by atoms with E-state index in [1.54, 1.807) is 0 Å². The monoisotopic (exact) mass is 296 g/mol. The molecule has 1 fully saturated rings. The Morgan fingerprint density at radius 2 is 1.67 bits per heavy atom. The summed E-state index contributed by atoms with van der Waals surface area (Å²) in [6.07, 6.45) is 4.13. The molecule has 0 bridgehead atoms. The Morgan fingerprint density at radius 1 is 1.05 bits per heavy atom. The topological polar surface area (TPSA) is 15.3 Å². The third kappa shape index (κ3) is 6.69. The molecule has 3 unspecified atom stereocenters. The Bertz CT molecular complexity index is 298. The van der Waals surface area contributed by atoms with E-state index < -0.39 is 0 Å². The maximum atomic E-state index is 3.75. The van der Waals surface area contributed by atoms with Gasteiger partial charge in [-0.2, -0.15) is 0 Å². The van der Waals surface area contributed by atoms with Crippen LogP contribution >= 0.6 is 0 Å². The van der Waals surface area contributed by atoms with Crippen LogP contribution in [0.25, 0.3) is 0 Å². The lowest BCUT2D eigenvalue weighted by Crippen LogP contribution is -2.47. The molecule has 0 aromatic heterocycles. The fourth-order valence-corrected chi connectivity index (χ4v) is 4.06. The molecule has 1 aliphatic rings. The van der Waals surface area contributed by atoms with Crippen LogP contribution in [0.2, 0.25) is 0 Å². The first-order valence-electron chi connectivity index (χ1n) is 8.95. The van der Waals surface area contributed by atoms with Crippen molar-refractivity contribution in [3.05, 3.63) is 0 Å². The minimum absolute atomic E-state index is 0.389. The predicted octanol–water partition coefficient (Wildman–Crippen LogP) is 4.40. The van der Waals surface area contributed by atoms with Gasteiger partial charge in [-0.1, -0.05) is 48.5 Å². The number of hydrogen-bond acceptors (Lipinski definition) is 2. The van der Waals surface area contributed by atoms with Crippen LogP contribution < -0.4 is 5.32 Å². The van der Waals surface area contributed by atoms with Gasteiger partial charge in [0.05, 0.1) is 0 Å². The van der Waals surface area contributed by atoms with E-state index in [9.17, 15) is 0 Å². The van der Waals surface area contributed by atoms with Crippen molar-refractivity contribution in [2.24, 2.45) is 22.7 Å². The largest absolute Gasteiger partial charge is 0.314 e. The quantitative estimate of drug-likeness (QED) is 0.808. The standard InChI is InChI=1S/C19H40N2/c1-9-20-17-11-10-16(19(5,6)7)12-15(17)13-21(8)14-18(2,3)4/h15-17,20H,9-14H2,1-8H3. The molecule has 1 saturated carbocycles. The number of nitrogens with one attached hydrogen (secondary N) is 1. The van der Waals surface area contributed by atoms with Crippen LogP contribution in [0.1, 0.15) is 67.7 Å². The van der Waals surface area contributed by atoms with Crippen LogP contribution in [0.4, 0.5) is 0 Å². The molecule has 3 atom stereocenters. The lowest BCUT2D eigenvalue weighted by atomic mass is 9.67. The van der Waals surface area contributed by atoms with Gasteiger partial charge in [0.1, 0.15) is 0 Å². The van der Waals surface area contributed by atoms with Crippen molar-refractivity contribution in [2.45, 2.75) is 73.8 Å². The lowest BCUT2D eigenvalue weighted by Gasteiger charge is -2.44. The second-order valence-electron chi connectivity index (χ2n) is 9.56. The van der Waals surface area contributed by atoms with Gasteiger partial charge >= 0.3 is 0 Å². The summed E-state index contributed by atoms with van der Waals surface area (Å²) < 4.78 is 0.